The SMILES string of the molecule is Cc1ccc(NC(=O)c2sc(NC(C)C)nc2N)c(C)c1. The van der Waals surface area contributed by atoms with Crippen LogP contribution in [-0.4, -0.2) is 16.9 Å². The van der Waals surface area contributed by atoms with Gasteiger partial charge in [0.2, 0.25) is 0 Å². The molecule has 0 saturated heterocycles. The summed E-state index contributed by atoms with van der Waals surface area (Å²) >= 11 is 1.26. The maximum Gasteiger partial charge on any atom is 0.269 e. The Kier molecular flexibility index (Phi) is 4.47. The van der Waals surface area contributed by atoms with E-state index >= 15 is 0 Å². The number of rotatable bonds is 4. The van der Waals surface area contributed by atoms with E-state index in [4.69, 9.17) is 5.73 Å². The molecule has 1 heterocycles. The molecular weight excluding hydrogens is 284 g/mol. The molecule has 0 aliphatic carbocycles. The van der Waals surface area contributed by atoms with E-state index in [1.165, 1.54) is 11.3 Å². The van der Waals surface area contributed by atoms with Gasteiger partial charge >= 0.3 is 0 Å². The minimum atomic E-state index is -0.228. The van der Waals surface area contributed by atoms with Gasteiger partial charge in [-0.05, 0) is 39.3 Å². The number of nitrogens with two attached hydrogens (primary N) is 1. The number of carbonyl (C=O) groups excluding carboxylic acids is 1. The molecular formula is C15H20N4OS. The Morgan fingerprint density at radius 3 is 2.67 bits per heavy atom. The summed E-state index contributed by atoms with van der Waals surface area (Å²) in [5.74, 6) is 0.0270. The van der Waals surface area contributed by atoms with Crippen LogP contribution in [0.25, 0.3) is 0 Å². The van der Waals surface area contributed by atoms with Gasteiger partial charge in [0.15, 0.2) is 5.13 Å². The number of hydrogen-bond donors (Lipinski definition) is 3. The van der Waals surface area contributed by atoms with Crippen LogP contribution in [0, 0.1) is 13.8 Å². The number of aryl methyl sites for hydroxylation is 2. The number of nitrogens with one attached hydrogen (secondary N) is 2. The van der Waals surface area contributed by atoms with Gasteiger partial charge in [0.05, 0.1) is 0 Å². The molecule has 5 nitrogen and oxygen atoms in total. The number of carbonyl (C=O) groups is 1. The highest BCUT2D eigenvalue weighted by molar-refractivity contribution is 7.18. The summed E-state index contributed by atoms with van der Waals surface area (Å²) in [6, 6.07) is 6.13. The first-order valence-electron chi connectivity index (χ1n) is 6.78. The first kappa shape index (κ1) is 15.3. The Morgan fingerprint density at radius 2 is 2.05 bits per heavy atom. The van der Waals surface area contributed by atoms with Crippen molar-refractivity contribution < 1.29 is 4.79 Å². The van der Waals surface area contributed by atoms with E-state index in [-0.39, 0.29) is 17.8 Å². The summed E-state index contributed by atoms with van der Waals surface area (Å²) in [7, 11) is 0. The van der Waals surface area contributed by atoms with Gasteiger partial charge in [0.1, 0.15) is 10.7 Å². The van der Waals surface area contributed by atoms with E-state index in [1.807, 2.05) is 45.9 Å². The van der Waals surface area contributed by atoms with Gasteiger partial charge in [-0.3, -0.25) is 4.79 Å². The number of anilines is 3. The highest BCUT2D eigenvalue weighted by atomic mass is 32.1. The Labute approximate surface area is 128 Å². The smallest absolute Gasteiger partial charge is 0.269 e. The Morgan fingerprint density at radius 1 is 1.33 bits per heavy atom. The number of benzene rings is 1. The van der Waals surface area contributed by atoms with Crippen LogP contribution in [0.1, 0.15) is 34.6 Å². The summed E-state index contributed by atoms with van der Waals surface area (Å²) in [4.78, 5) is 16.9. The van der Waals surface area contributed by atoms with Crippen LogP contribution in [0.5, 0.6) is 0 Å². The number of thiazole rings is 1. The molecule has 4 N–H and O–H groups in total. The third kappa shape index (κ3) is 3.72. The summed E-state index contributed by atoms with van der Waals surface area (Å²) in [6.07, 6.45) is 0. The molecule has 0 bridgehead atoms. The summed E-state index contributed by atoms with van der Waals surface area (Å²) in [6.45, 7) is 7.99. The van der Waals surface area contributed by atoms with Crippen LogP contribution in [0.4, 0.5) is 16.6 Å². The average Bonchev–Trinajstić information content (AvgIpc) is 2.72. The molecule has 0 spiro atoms. The molecule has 6 heteroatoms. The zero-order valence-corrected chi connectivity index (χ0v) is 13.5. The second-order valence-corrected chi connectivity index (χ2v) is 6.30. The van der Waals surface area contributed by atoms with E-state index in [0.717, 1.165) is 16.8 Å². The molecule has 0 atom stereocenters. The molecule has 2 aromatic rings. The molecule has 0 saturated carbocycles. The molecule has 1 amide bonds. The van der Waals surface area contributed by atoms with Crippen molar-refractivity contribution in [3.05, 3.63) is 34.2 Å². The van der Waals surface area contributed by atoms with Crippen LogP contribution < -0.4 is 16.4 Å². The molecule has 112 valence electrons. The predicted octanol–water partition coefficient (Wildman–Crippen LogP) is 3.41. The van der Waals surface area contributed by atoms with Crippen molar-refractivity contribution in [2.24, 2.45) is 0 Å². The van der Waals surface area contributed by atoms with Gasteiger partial charge in [-0.1, -0.05) is 29.0 Å². The van der Waals surface area contributed by atoms with Gasteiger partial charge in [0.25, 0.3) is 5.91 Å². The van der Waals surface area contributed by atoms with Crippen molar-refractivity contribution in [2.45, 2.75) is 33.7 Å². The molecule has 0 unspecified atom stereocenters. The lowest BCUT2D eigenvalue weighted by atomic mass is 10.1. The molecule has 0 radical (unpaired) electrons. The lowest BCUT2D eigenvalue weighted by Gasteiger charge is -2.08. The van der Waals surface area contributed by atoms with Crippen molar-refractivity contribution in [1.29, 1.82) is 0 Å². The maximum absolute atomic E-state index is 12.3. The molecule has 2 rings (SSSR count). The Bertz CT molecular complexity index is 664. The van der Waals surface area contributed by atoms with Gasteiger partial charge in [-0.2, -0.15) is 0 Å². The average molecular weight is 304 g/mol. The van der Waals surface area contributed by atoms with Gasteiger partial charge in [0, 0.05) is 11.7 Å². The molecule has 0 aliphatic rings. The fraction of sp³-hybridized carbons (Fsp3) is 0.333. The lowest BCUT2D eigenvalue weighted by Crippen LogP contribution is -2.13. The maximum atomic E-state index is 12.3. The Hall–Kier alpha value is -2.08. The highest BCUT2D eigenvalue weighted by Crippen LogP contribution is 2.27. The van der Waals surface area contributed by atoms with E-state index in [9.17, 15) is 4.79 Å². The van der Waals surface area contributed by atoms with E-state index in [2.05, 4.69) is 15.6 Å². The lowest BCUT2D eigenvalue weighted by molar-refractivity contribution is 0.103. The number of nitrogens with zero attached hydrogens (tertiary/aromatic N) is 1. The van der Waals surface area contributed by atoms with Crippen LogP contribution in [0.2, 0.25) is 0 Å². The Balaban J connectivity index is 2.18. The minimum absolute atomic E-state index is 0.228. The first-order valence-corrected chi connectivity index (χ1v) is 7.60. The van der Waals surface area contributed by atoms with Crippen molar-refractivity contribution in [3.8, 4) is 0 Å². The number of nitrogen functional groups attached to an aromatic ring is 1. The fourth-order valence-electron chi connectivity index (χ4n) is 1.94. The predicted molar refractivity (Wildman–Crippen MR) is 89.2 cm³/mol. The quantitative estimate of drug-likeness (QED) is 0.808. The van der Waals surface area contributed by atoms with Crippen LogP contribution in [-0.2, 0) is 0 Å². The number of amides is 1. The minimum Gasteiger partial charge on any atom is -0.382 e. The summed E-state index contributed by atoms with van der Waals surface area (Å²) in [5, 5.41) is 6.70. The number of hydrogen-bond acceptors (Lipinski definition) is 5. The first-order chi connectivity index (χ1) is 9.86. The third-order valence-corrected chi connectivity index (χ3v) is 3.90. The zero-order valence-electron chi connectivity index (χ0n) is 12.7. The number of aromatic nitrogens is 1. The molecule has 21 heavy (non-hydrogen) atoms. The molecule has 0 fully saturated rings. The van der Waals surface area contributed by atoms with Crippen molar-refractivity contribution in [2.75, 3.05) is 16.4 Å². The van der Waals surface area contributed by atoms with Gasteiger partial charge < -0.3 is 16.4 Å². The van der Waals surface area contributed by atoms with Crippen molar-refractivity contribution in [1.82, 2.24) is 4.98 Å². The molecule has 1 aromatic heterocycles. The second kappa shape index (κ2) is 6.13. The normalized spacial score (nSPS) is 10.7. The molecule has 0 aliphatic heterocycles. The third-order valence-electron chi connectivity index (χ3n) is 2.90. The van der Waals surface area contributed by atoms with E-state index < -0.39 is 0 Å². The summed E-state index contributed by atoms with van der Waals surface area (Å²) in [5.41, 5.74) is 8.80. The van der Waals surface area contributed by atoms with Gasteiger partial charge in [-0.25, -0.2) is 4.98 Å². The summed E-state index contributed by atoms with van der Waals surface area (Å²) < 4.78 is 0. The second-order valence-electron chi connectivity index (χ2n) is 5.30. The monoisotopic (exact) mass is 304 g/mol. The van der Waals surface area contributed by atoms with E-state index in [1.54, 1.807) is 0 Å². The van der Waals surface area contributed by atoms with Crippen molar-refractivity contribution in [3.63, 3.8) is 0 Å². The van der Waals surface area contributed by atoms with Crippen LogP contribution >= 0.6 is 11.3 Å². The fourth-order valence-corrected chi connectivity index (χ4v) is 2.86. The van der Waals surface area contributed by atoms with E-state index in [0.29, 0.717) is 10.0 Å². The molecule has 1 aromatic carbocycles. The van der Waals surface area contributed by atoms with Gasteiger partial charge in [-0.15, -0.1) is 0 Å². The largest absolute Gasteiger partial charge is 0.382 e. The highest BCUT2D eigenvalue weighted by Gasteiger charge is 2.17. The van der Waals surface area contributed by atoms with Crippen LogP contribution in [0.15, 0.2) is 18.2 Å². The van der Waals surface area contributed by atoms with Crippen molar-refractivity contribution >= 4 is 33.9 Å². The topological polar surface area (TPSA) is 80.0 Å². The van der Waals surface area contributed by atoms with Crippen LogP contribution in [0.3, 0.4) is 0 Å². The zero-order chi connectivity index (χ0) is 15.6. The standard InChI is InChI=1S/C15H20N4OS/c1-8(2)17-15-19-13(16)12(21-15)14(20)18-11-6-5-9(3)7-10(11)4/h5-8H,16H2,1-4H3,(H,17,19)(H,18,20).